The third-order valence-electron chi connectivity index (χ3n) is 3.95. The number of carbonyl (C=O) groups excluding carboxylic acids is 2. The van der Waals surface area contributed by atoms with Crippen LogP contribution in [0.3, 0.4) is 0 Å². The molecule has 0 spiro atoms. The summed E-state index contributed by atoms with van der Waals surface area (Å²) in [5, 5.41) is 2.06. The molecule has 1 aromatic heterocycles. The van der Waals surface area contributed by atoms with E-state index in [0.717, 1.165) is 21.8 Å². The lowest BCUT2D eigenvalue weighted by atomic mass is 10.1. The van der Waals surface area contributed by atoms with Gasteiger partial charge in [0.05, 0.1) is 28.7 Å². The fourth-order valence-electron chi connectivity index (χ4n) is 2.79. The van der Waals surface area contributed by atoms with Crippen LogP contribution in [0.2, 0.25) is 0 Å². The Morgan fingerprint density at radius 3 is 2.54 bits per heavy atom. The second-order valence-electron chi connectivity index (χ2n) is 5.64. The van der Waals surface area contributed by atoms with Crippen LogP contribution in [0, 0.1) is 0 Å². The number of nitrogens with zero attached hydrogens (tertiary/aromatic N) is 2. The van der Waals surface area contributed by atoms with Gasteiger partial charge in [-0.2, -0.15) is 0 Å². The maximum atomic E-state index is 11.7. The van der Waals surface area contributed by atoms with E-state index in [2.05, 4.69) is 14.7 Å². The zero-order chi connectivity index (χ0) is 18.1. The Hall–Kier alpha value is -3.54. The van der Waals surface area contributed by atoms with E-state index in [0.29, 0.717) is 11.0 Å². The standard InChI is InChI=1S/C20H14N2O4/c1-2-25-19(23)20(24)26-13-8-10-15-17(11-13)22-18-14-6-4-3-5-12(14)7-9-16(18)21-15/h3-11H,2H2,1H3. The fourth-order valence-corrected chi connectivity index (χ4v) is 2.79. The minimum Gasteiger partial charge on any atom is -0.458 e. The van der Waals surface area contributed by atoms with Crippen molar-refractivity contribution in [3.63, 3.8) is 0 Å². The van der Waals surface area contributed by atoms with Gasteiger partial charge >= 0.3 is 11.9 Å². The molecule has 128 valence electrons. The van der Waals surface area contributed by atoms with Crippen LogP contribution in [0.1, 0.15) is 6.92 Å². The number of aromatic nitrogens is 2. The van der Waals surface area contributed by atoms with E-state index >= 15 is 0 Å². The van der Waals surface area contributed by atoms with Gasteiger partial charge in [0.2, 0.25) is 0 Å². The van der Waals surface area contributed by atoms with Crippen molar-refractivity contribution in [2.24, 2.45) is 0 Å². The van der Waals surface area contributed by atoms with Gasteiger partial charge in [-0.1, -0.05) is 30.3 Å². The Kier molecular flexibility index (Phi) is 3.93. The van der Waals surface area contributed by atoms with Crippen LogP contribution >= 0.6 is 0 Å². The van der Waals surface area contributed by atoms with Gasteiger partial charge in [-0.3, -0.25) is 0 Å². The lowest BCUT2D eigenvalue weighted by Gasteiger charge is -2.07. The second kappa shape index (κ2) is 6.40. The predicted octanol–water partition coefficient (Wildman–Crippen LogP) is 3.40. The van der Waals surface area contributed by atoms with Gasteiger partial charge in [0, 0.05) is 11.5 Å². The summed E-state index contributed by atoms with van der Waals surface area (Å²) in [5.74, 6) is -1.88. The lowest BCUT2D eigenvalue weighted by molar-refractivity contribution is -0.161. The smallest absolute Gasteiger partial charge is 0.422 e. The van der Waals surface area contributed by atoms with Crippen molar-refractivity contribution in [1.82, 2.24) is 9.97 Å². The first-order valence-corrected chi connectivity index (χ1v) is 8.14. The Labute approximate surface area is 148 Å². The zero-order valence-electron chi connectivity index (χ0n) is 13.9. The van der Waals surface area contributed by atoms with Gasteiger partial charge in [0.1, 0.15) is 5.75 Å². The van der Waals surface area contributed by atoms with Crippen LogP contribution in [-0.2, 0) is 14.3 Å². The minimum atomic E-state index is -1.06. The van der Waals surface area contributed by atoms with Crippen LogP contribution in [0.5, 0.6) is 5.75 Å². The molecule has 0 saturated carbocycles. The average molecular weight is 346 g/mol. The third-order valence-corrected chi connectivity index (χ3v) is 3.95. The third kappa shape index (κ3) is 2.82. The SMILES string of the molecule is CCOC(=O)C(=O)Oc1ccc2nc3ccc4ccccc4c3nc2c1. The van der Waals surface area contributed by atoms with Crippen molar-refractivity contribution >= 4 is 44.8 Å². The Bertz CT molecular complexity index is 1170. The molecule has 0 aliphatic heterocycles. The number of carbonyl (C=O) groups is 2. The number of hydrogen-bond acceptors (Lipinski definition) is 6. The number of hydrogen-bond donors (Lipinski definition) is 0. The first-order chi connectivity index (χ1) is 12.7. The maximum Gasteiger partial charge on any atom is 0.422 e. The molecule has 0 unspecified atom stereocenters. The molecule has 3 aromatic carbocycles. The molecule has 0 radical (unpaired) electrons. The molecule has 0 fully saturated rings. The molecule has 4 aromatic rings. The molecule has 0 aliphatic rings. The maximum absolute atomic E-state index is 11.7. The second-order valence-corrected chi connectivity index (χ2v) is 5.64. The van der Waals surface area contributed by atoms with E-state index in [1.54, 1.807) is 25.1 Å². The quantitative estimate of drug-likeness (QED) is 0.182. The largest absolute Gasteiger partial charge is 0.458 e. The van der Waals surface area contributed by atoms with Crippen molar-refractivity contribution in [1.29, 1.82) is 0 Å². The summed E-state index contributed by atoms with van der Waals surface area (Å²) in [4.78, 5) is 32.4. The highest BCUT2D eigenvalue weighted by Crippen LogP contribution is 2.26. The summed E-state index contributed by atoms with van der Waals surface area (Å²) < 4.78 is 9.68. The van der Waals surface area contributed by atoms with Gasteiger partial charge in [-0.05, 0) is 30.5 Å². The van der Waals surface area contributed by atoms with Crippen molar-refractivity contribution < 1.29 is 19.1 Å². The van der Waals surface area contributed by atoms with Crippen LogP contribution in [0.25, 0.3) is 32.8 Å². The predicted molar refractivity (Wildman–Crippen MR) is 96.8 cm³/mol. The normalized spacial score (nSPS) is 11.0. The molecule has 6 nitrogen and oxygen atoms in total. The number of rotatable bonds is 2. The van der Waals surface area contributed by atoms with E-state index in [1.165, 1.54) is 0 Å². The van der Waals surface area contributed by atoms with E-state index in [9.17, 15) is 9.59 Å². The van der Waals surface area contributed by atoms with Crippen molar-refractivity contribution in [3.05, 3.63) is 54.6 Å². The fraction of sp³-hybridized carbons (Fsp3) is 0.100. The number of fused-ring (bicyclic) bond motifs is 4. The van der Waals surface area contributed by atoms with E-state index < -0.39 is 11.9 Å². The Morgan fingerprint density at radius 2 is 1.69 bits per heavy atom. The topological polar surface area (TPSA) is 78.4 Å². The molecule has 6 heteroatoms. The molecule has 1 heterocycles. The number of ether oxygens (including phenoxy) is 2. The summed E-state index contributed by atoms with van der Waals surface area (Å²) in [6.45, 7) is 1.72. The van der Waals surface area contributed by atoms with Crippen molar-refractivity contribution in [2.75, 3.05) is 6.61 Å². The number of esters is 2. The molecular weight excluding hydrogens is 332 g/mol. The average Bonchev–Trinajstić information content (AvgIpc) is 2.66. The molecule has 0 atom stereocenters. The highest BCUT2D eigenvalue weighted by Gasteiger charge is 2.18. The molecule has 26 heavy (non-hydrogen) atoms. The first kappa shape index (κ1) is 16.0. The van der Waals surface area contributed by atoms with Gasteiger partial charge in [0.25, 0.3) is 0 Å². The lowest BCUT2D eigenvalue weighted by Crippen LogP contribution is -2.22. The van der Waals surface area contributed by atoms with Crippen LogP contribution in [-0.4, -0.2) is 28.5 Å². The van der Waals surface area contributed by atoms with E-state index in [4.69, 9.17) is 4.74 Å². The summed E-state index contributed by atoms with van der Waals surface area (Å²) >= 11 is 0. The molecule has 0 N–H and O–H groups in total. The molecular formula is C20H14N2O4. The van der Waals surface area contributed by atoms with Crippen LogP contribution in [0.15, 0.2) is 54.6 Å². The van der Waals surface area contributed by atoms with E-state index in [1.807, 2.05) is 36.4 Å². The summed E-state index contributed by atoms with van der Waals surface area (Å²) in [6, 6.07) is 16.7. The highest BCUT2D eigenvalue weighted by atomic mass is 16.6. The van der Waals surface area contributed by atoms with Crippen molar-refractivity contribution in [2.45, 2.75) is 6.92 Å². The van der Waals surface area contributed by atoms with Crippen LogP contribution < -0.4 is 4.74 Å². The van der Waals surface area contributed by atoms with Gasteiger partial charge in [0.15, 0.2) is 0 Å². The molecule has 4 rings (SSSR count). The molecule has 0 amide bonds. The monoisotopic (exact) mass is 346 g/mol. The molecule has 0 saturated heterocycles. The van der Waals surface area contributed by atoms with Gasteiger partial charge in [-0.25, -0.2) is 19.6 Å². The number of benzene rings is 3. The summed E-state index contributed by atoms with van der Waals surface area (Å²) in [7, 11) is 0. The zero-order valence-corrected chi connectivity index (χ0v) is 13.9. The molecule has 0 bridgehead atoms. The first-order valence-electron chi connectivity index (χ1n) is 8.14. The highest BCUT2D eigenvalue weighted by molar-refractivity contribution is 6.30. The van der Waals surface area contributed by atoms with Crippen LogP contribution in [0.4, 0.5) is 0 Å². The summed E-state index contributed by atoms with van der Waals surface area (Å²) in [6.07, 6.45) is 0. The molecule has 0 aliphatic carbocycles. The minimum absolute atomic E-state index is 0.107. The Morgan fingerprint density at radius 1 is 0.885 bits per heavy atom. The van der Waals surface area contributed by atoms with Gasteiger partial charge in [-0.15, -0.1) is 0 Å². The van der Waals surface area contributed by atoms with Gasteiger partial charge < -0.3 is 9.47 Å². The van der Waals surface area contributed by atoms with E-state index in [-0.39, 0.29) is 12.4 Å². The van der Waals surface area contributed by atoms with Crippen molar-refractivity contribution in [3.8, 4) is 5.75 Å². The summed E-state index contributed by atoms with van der Waals surface area (Å²) in [5.41, 5.74) is 2.80. The Balaban J connectivity index is 1.79.